The van der Waals surface area contributed by atoms with Gasteiger partial charge in [-0.3, -0.25) is 9.98 Å². The molecule has 0 fully saturated rings. The Morgan fingerprint density at radius 2 is 1.96 bits per heavy atom. The van der Waals surface area contributed by atoms with Gasteiger partial charge in [-0.2, -0.15) is 0 Å². The second-order valence-corrected chi connectivity index (χ2v) is 7.55. The van der Waals surface area contributed by atoms with Crippen LogP contribution in [0.25, 0.3) is 11.3 Å². The molecule has 0 amide bonds. The lowest BCUT2D eigenvalue weighted by Crippen LogP contribution is -2.37. The Morgan fingerprint density at radius 1 is 1.11 bits per heavy atom. The van der Waals surface area contributed by atoms with Gasteiger partial charge in [0.25, 0.3) is 0 Å². The summed E-state index contributed by atoms with van der Waals surface area (Å²) in [5.74, 6) is 0.795. The van der Waals surface area contributed by atoms with Crippen LogP contribution in [-0.4, -0.2) is 29.5 Å². The van der Waals surface area contributed by atoms with Gasteiger partial charge >= 0.3 is 0 Å². The molecule has 148 valence electrons. The third-order valence-electron chi connectivity index (χ3n) is 4.28. The molecule has 0 saturated carbocycles. The Labute approximate surface area is 187 Å². The summed E-state index contributed by atoms with van der Waals surface area (Å²) in [5, 5.41) is 7.89. The van der Waals surface area contributed by atoms with E-state index in [0.717, 1.165) is 40.9 Å². The number of hydrogen-bond acceptors (Lipinski definition) is 4. The van der Waals surface area contributed by atoms with E-state index in [4.69, 9.17) is 0 Å². The average Bonchev–Trinajstić information content (AvgIpc) is 3.03. The highest BCUT2D eigenvalue weighted by molar-refractivity contribution is 14.0. The van der Waals surface area contributed by atoms with Crippen LogP contribution in [0.3, 0.4) is 0 Å². The van der Waals surface area contributed by atoms with Crippen LogP contribution in [-0.2, 0) is 13.0 Å². The van der Waals surface area contributed by atoms with Crippen molar-refractivity contribution in [3.63, 3.8) is 0 Å². The predicted molar refractivity (Wildman–Crippen MR) is 129 cm³/mol. The number of aromatic nitrogens is 2. The number of aliphatic imine (C=N–C) groups is 1. The predicted octanol–water partition coefficient (Wildman–Crippen LogP) is 4.35. The number of guanidine groups is 1. The Bertz CT molecular complexity index is 889. The first kappa shape index (κ1) is 22.3. The van der Waals surface area contributed by atoms with Gasteiger partial charge in [0.15, 0.2) is 5.96 Å². The number of benzene rings is 1. The number of pyridine rings is 1. The molecule has 0 bridgehead atoms. The molecule has 0 atom stereocenters. The van der Waals surface area contributed by atoms with E-state index in [2.05, 4.69) is 63.7 Å². The molecule has 28 heavy (non-hydrogen) atoms. The van der Waals surface area contributed by atoms with Gasteiger partial charge in [-0.05, 0) is 37.6 Å². The normalized spacial score (nSPS) is 11.0. The largest absolute Gasteiger partial charge is 0.356 e. The molecule has 0 aliphatic rings. The molecule has 2 N–H and O–H groups in total. The number of rotatable bonds is 6. The monoisotopic (exact) mass is 507 g/mol. The molecule has 2 aromatic heterocycles. The molecular weight excluding hydrogens is 481 g/mol. The van der Waals surface area contributed by atoms with Gasteiger partial charge in [-0.25, -0.2) is 4.98 Å². The smallest absolute Gasteiger partial charge is 0.191 e. The van der Waals surface area contributed by atoms with E-state index in [0.29, 0.717) is 6.54 Å². The molecule has 0 radical (unpaired) electrons. The first-order chi connectivity index (χ1) is 13.2. The summed E-state index contributed by atoms with van der Waals surface area (Å²) < 4.78 is 0. The Balaban J connectivity index is 0.00000280. The highest BCUT2D eigenvalue weighted by Gasteiger charge is 2.05. The molecule has 2 heterocycles. The van der Waals surface area contributed by atoms with Crippen molar-refractivity contribution >= 4 is 41.3 Å². The number of aryl methyl sites for hydroxylation is 2. The molecule has 1 aromatic carbocycles. The summed E-state index contributed by atoms with van der Waals surface area (Å²) in [6, 6.07) is 14.4. The van der Waals surface area contributed by atoms with Crippen LogP contribution < -0.4 is 10.6 Å². The van der Waals surface area contributed by atoms with E-state index >= 15 is 0 Å². The molecule has 3 aromatic rings. The second kappa shape index (κ2) is 11.1. The topological polar surface area (TPSA) is 62.2 Å². The van der Waals surface area contributed by atoms with Crippen LogP contribution in [0.15, 0.2) is 53.7 Å². The lowest BCUT2D eigenvalue weighted by molar-refractivity contribution is 0.791. The SMILES string of the molecule is CN=C(NCCc1nc(C)c(C)s1)NCc1cccc(-c2ccccn2)c1.I. The summed E-state index contributed by atoms with van der Waals surface area (Å²) in [5.41, 5.74) is 4.42. The zero-order chi connectivity index (χ0) is 19.1. The van der Waals surface area contributed by atoms with Crippen LogP contribution in [0.2, 0.25) is 0 Å². The maximum atomic E-state index is 4.58. The third kappa shape index (κ3) is 6.27. The Hall–Kier alpha value is -2.00. The standard InChI is InChI=1S/C21H25N5S.HI/c1-15-16(2)27-20(26-15)10-12-24-21(22-3)25-14-17-7-6-8-18(13-17)19-9-4-5-11-23-19;/h4-9,11,13H,10,12,14H2,1-3H3,(H2,22,24,25);1H. The van der Waals surface area contributed by atoms with Crippen molar-refractivity contribution in [3.8, 4) is 11.3 Å². The first-order valence-electron chi connectivity index (χ1n) is 9.03. The molecule has 0 saturated heterocycles. The fourth-order valence-corrected chi connectivity index (χ4v) is 3.65. The van der Waals surface area contributed by atoms with E-state index in [1.807, 2.05) is 24.4 Å². The minimum Gasteiger partial charge on any atom is -0.356 e. The summed E-state index contributed by atoms with van der Waals surface area (Å²) >= 11 is 1.77. The number of halogens is 1. The van der Waals surface area contributed by atoms with Crippen molar-refractivity contribution < 1.29 is 0 Å². The van der Waals surface area contributed by atoms with Gasteiger partial charge in [-0.15, -0.1) is 35.3 Å². The van der Waals surface area contributed by atoms with Gasteiger partial charge in [0.05, 0.1) is 16.4 Å². The number of thiazole rings is 1. The minimum absolute atomic E-state index is 0. The summed E-state index contributed by atoms with van der Waals surface area (Å²) in [4.78, 5) is 14.6. The van der Waals surface area contributed by atoms with E-state index in [-0.39, 0.29) is 24.0 Å². The zero-order valence-electron chi connectivity index (χ0n) is 16.4. The van der Waals surface area contributed by atoms with Crippen molar-refractivity contribution in [2.75, 3.05) is 13.6 Å². The molecule has 0 spiro atoms. The molecule has 3 rings (SSSR count). The summed E-state index contributed by atoms with van der Waals surface area (Å²) in [7, 11) is 1.79. The number of nitrogens with one attached hydrogen (secondary N) is 2. The quantitative estimate of drug-likeness (QED) is 0.296. The summed E-state index contributed by atoms with van der Waals surface area (Å²) in [6.45, 7) is 5.68. The zero-order valence-corrected chi connectivity index (χ0v) is 19.5. The molecular formula is C21H26IN5S. The van der Waals surface area contributed by atoms with Crippen molar-refractivity contribution in [1.82, 2.24) is 20.6 Å². The van der Waals surface area contributed by atoms with Crippen LogP contribution in [0.1, 0.15) is 21.1 Å². The van der Waals surface area contributed by atoms with Gasteiger partial charge in [0, 0.05) is 43.2 Å². The van der Waals surface area contributed by atoms with E-state index in [1.54, 1.807) is 18.4 Å². The number of hydrogen-bond donors (Lipinski definition) is 2. The van der Waals surface area contributed by atoms with Crippen LogP contribution in [0.4, 0.5) is 0 Å². The molecule has 0 unspecified atom stereocenters. The van der Waals surface area contributed by atoms with Crippen LogP contribution in [0.5, 0.6) is 0 Å². The van der Waals surface area contributed by atoms with Gasteiger partial charge in [0.1, 0.15) is 0 Å². The van der Waals surface area contributed by atoms with E-state index < -0.39 is 0 Å². The van der Waals surface area contributed by atoms with E-state index in [1.165, 1.54) is 10.4 Å². The molecule has 0 aliphatic carbocycles. The first-order valence-corrected chi connectivity index (χ1v) is 9.85. The van der Waals surface area contributed by atoms with Crippen molar-refractivity contribution in [3.05, 3.63) is 69.8 Å². The maximum absolute atomic E-state index is 4.58. The lowest BCUT2D eigenvalue weighted by atomic mass is 10.1. The fraction of sp³-hybridized carbons (Fsp3) is 0.286. The second-order valence-electron chi connectivity index (χ2n) is 6.27. The third-order valence-corrected chi connectivity index (χ3v) is 5.41. The molecule has 0 aliphatic heterocycles. The van der Waals surface area contributed by atoms with Crippen molar-refractivity contribution in [1.29, 1.82) is 0 Å². The van der Waals surface area contributed by atoms with Gasteiger partial charge < -0.3 is 10.6 Å². The van der Waals surface area contributed by atoms with Crippen molar-refractivity contribution in [2.45, 2.75) is 26.8 Å². The maximum Gasteiger partial charge on any atom is 0.191 e. The molecule has 5 nitrogen and oxygen atoms in total. The lowest BCUT2D eigenvalue weighted by Gasteiger charge is -2.12. The van der Waals surface area contributed by atoms with E-state index in [9.17, 15) is 0 Å². The van der Waals surface area contributed by atoms with Crippen LogP contribution in [0, 0.1) is 13.8 Å². The number of nitrogens with zero attached hydrogens (tertiary/aromatic N) is 3. The van der Waals surface area contributed by atoms with Crippen LogP contribution >= 0.6 is 35.3 Å². The Kier molecular flexibility index (Phi) is 8.85. The highest BCUT2D eigenvalue weighted by Crippen LogP contribution is 2.18. The van der Waals surface area contributed by atoms with Gasteiger partial charge in [0.2, 0.25) is 0 Å². The van der Waals surface area contributed by atoms with Gasteiger partial charge in [-0.1, -0.05) is 24.3 Å². The summed E-state index contributed by atoms with van der Waals surface area (Å²) in [6.07, 6.45) is 2.71. The highest BCUT2D eigenvalue weighted by atomic mass is 127. The fourth-order valence-electron chi connectivity index (χ4n) is 2.71. The molecule has 7 heteroatoms. The minimum atomic E-state index is 0. The average molecular weight is 507 g/mol. The Morgan fingerprint density at radius 3 is 2.64 bits per heavy atom. The van der Waals surface area contributed by atoms with Crippen molar-refractivity contribution in [2.24, 2.45) is 4.99 Å².